The van der Waals surface area contributed by atoms with E-state index in [0.717, 1.165) is 31.6 Å². The summed E-state index contributed by atoms with van der Waals surface area (Å²) in [5, 5.41) is 0. The first-order chi connectivity index (χ1) is 8.99. The molecule has 108 valence electrons. The zero-order valence-corrected chi connectivity index (χ0v) is 13.1. The standard InChI is InChI=1S/C16H29N3/c1-6-8-19(12(3)4)16-13(5)9-14(11-18-16)10-15(17)7-2/h9,11-12,15H,6-8,10,17H2,1-5H3. The Morgan fingerprint density at radius 3 is 2.47 bits per heavy atom. The van der Waals surface area contributed by atoms with Crippen LogP contribution in [0.4, 0.5) is 5.82 Å². The van der Waals surface area contributed by atoms with Gasteiger partial charge in [-0.05, 0) is 51.2 Å². The minimum absolute atomic E-state index is 0.240. The van der Waals surface area contributed by atoms with Crippen molar-refractivity contribution < 1.29 is 0 Å². The molecule has 0 aliphatic carbocycles. The van der Waals surface area contributed by atoms with E-state index in [9.17, 15) is 0 Å². The normalized spacial score (nSPS) is 12.8. The predicted octanol–water partition coefficient (Wildman–Crippen LogP) is 3.29. The van der Waals surface area contributed by atoms with Crippen LogP contribution in [-0.2, 0) is 6.42 Å². The molecule has 19 heavy (non-hydrogen) atoms. The van der Waals surface area contributed by atoms with Gasteiger partial charge < -0.3 is 10.6 Å². The monoisotopic (exact) mass is 263 g/mol. The summed E-state index contributed by atoms with van der Waals surface area (Å²) < 4.78 is 0. The van der Waals surface area contributed by atoms with Gasteiger partial charge >= 0.3 is 0 Å². The van der Waals surface area contributed by atoms with Crippen LogP contribution in [0, 0.1) is 6.92 Å². The molecule has 0 radical (unpaired) electrons. The quantitative estimate of drug-likeness (QED) is 0.820. The van der Waals surface area contributed by atoms with Crippen molar-refractivity contribution in [3.63, 3.8) is 0 Å². The molecule has 0 fully saturated rings. The van der Waals surface area contributed by atoms with Gasteiger partial charge in [-0.3, -0.25) is 0 Å². The third-order valence-corrected chi connectivity index (χ3v) is 3.49. The third kappa shape index (κ3) is 4.50. The highest BCUT2D eigenvalue weighted by Gasteiger charge is 2.14. The van der Waals surface area contributed by atoms with Crippen LogP contribution in [0.5, 0.6) is 0 Å². The van der Waals surface area contributed by atoms with Crippen molar-refractivity contribution >= 4 is 5.82 Å². The van der Waals surface area contributed by atoms with Gasteiger partial charge in [-0.1, -0.05) is 19.9 Å². The average molecular weight is 263 g/mol. The van der Waals surface area contributed by atoms with Gasteiger partial charge in [-0.25, -0.2) is 4.98 Å². The summed E-state index contributed by atoms with van der Waals surface area (Å²) in [6.07, 6.45) is 5.06. The highest BCUT2D eigenvalue weighted by Crippen LogP contribution is 2.21. The van der Waals surface area contributed by atoms with Crippen molar-refractivity contribution in [2.24, 2.45) is 5.73 Å². The largest absolute Gasteiger partial charge is 0.354 e. The molecule has 0 bridgehead atoms. The number of aromatic nitrogens is 1. The molecule has 3 nitrogen and oxygen atoms in total. The Balaban J connectivity index is 2.92. The number of hydrogen-bond acceptors (Lipinski definition) is 3. The second-order valence-electron chi connectivity index (χ2n) is 5.64. The van der Waals surface area contributed by atoms with E-state index in [0.29, 0.717) is 6.04 Å². The average Bonchev–Trinajstić information content (AvgIpc) is 2.36. The molecule has 3 heteroatoms. The molecule has 0 amide bonds. The Labute approximate surface area is 118 Å². The lowest BCUT2D eigenvalue weighted by Gasteiger charge is -2.29. The van der Waals surface area contributed by atoms with E-state index in [-0.39, 0.29) is 6.04 Å². The first kappa shape index (κ1) is 16.0. The van der Waals surface area contributed by atoms with Gasteiger partial charge in [0, 0.05) is 24.8 Å². The van der Waals surface area contributed by atoms with Crippen LogP contribution in [0.3, 0.4) is 0 Å². The van der Waals surface area contributed by atoms with Crippen LogP contribution in [-0.4, -0.2) is 23.6 Å². The number of nitrogens with zero attached hydrogens (tertiary/aromatic N) is 2. The second-order valence-corrected chi connectivity index (χ2v) is 5.64. The van der Waals surface area contributed by atoms with Crippen molar-refractivity contribution in [2.75, 3.05) is 11.4 Å². The first-order valence-corrected chi connectivity index (χ1v) is 7.47. The lowest BCUT2D eigenvalue weighted by Crippen LogP contribution is -2.33. The van der Waals surface area contributed by atoms with E-state index in [2.05, 4.69) is 50.6 Å². The van der Waals surface area contributed by atoms with Crippen LogP contribution in [0.2, 0.25) is 0 Å². The van der Waals surface area contributed by atoms with Gasteiger partial charge in [-0.15, -0.1) is 0 Å². The molecule has 1 aromatic heterocycles. The number of rotatable bonds is 7. The molecular formula is C16H29N3. The highest BCUT2D eigenvalue weighted by atomic mass is 15.2. The third-order valence-electron chi connectivity index (χ3n) is 3.49. The molecule has 1 heterocycles. The van der Waals surface area contributed by atoms with Gasteiger partial charge in [0.15, 0.2) is 0 Å². The Morgan fingerprint density at radius 1 is 1.32 bits per heavy atom. The zero-order chi connectivity index (χ0) is 14.4. The number of anilines is 1. The number of aryl methyl sites for hydroxylation is 1. The minimum atomic E-state index is 0.240. The SMILES string of the molecule is CCCN(c1ncc(CC(N)CC)cc1C)C(C)C. The summed E-state index contributed by atoms with van der Waals surface area (Å²) in [7, 11) is 0. The van der Waals surface area contributed by atoms with Gasteiger partial charge in [0.05, 0.1) is 0 Å². The van der Waals surface area contributed by atoms with E-state index < -0.39 is 0 Å². The van der Waals surface area contributed by atoms with E-state index in [1.807, 2.05) is 6.20 Å². The molecule has 2 N–H and O–H groups in total. The molecule has 1 atom stereocenters. The molecule has 0 saturated carbocycles. The maximum Gasteiger partial charge on any atom is 0.131 e. The fraction of sp³-hybridized carbons (Fsp3) is 0.688. The van der Waals surface area contributed by atoms with Gasteiger partial charge in [0.2, 0.25) is 0 Å². The lowest BCUT2D eigenvalue weighted by molar-refractivity contribution is 0.640. The number of nitrogens with two attached hydrogens (primary N) is 1. The Kier molecular flexibility index (Phi) is 6.29. The van der Waals surface area contributed by atoms with Crippen LogP contribution in [0.1, 0.15) is 51.7 Å². The topological polar surface area (TPSA) is 42.2 Å². The Morgan fingerprint density at radius 2 is 2.00 bits per heavy atom. The Bertz CT molecular complexity index is 388. The lowest BCUT2D eigenvalue weighted by atomic mass is 10.0. The fourth-order valence-electron chi connectivity index (χ4n) is 2.33. The van der Waals surface area contributed by atoms with Gasteiger partial charge in [-0.2, -0.15) is 0 Å². The molecule has 0 saturated heterocycles. The minimum Gasteiger partial charge on any atom is -0.354 e. The summed E-state index contributed by atoms with van der Waals surface area (Å²) >= 11 is 0. The second kappa shape index (κ2) is 7.49. The number of pyridine rings is 1. The smallest absolute Gasteiger partial charge is 0.131 e. The van der Waals surface area contributed by atoms with Crippen LogP contribution < -0.4 is 10.6 Å². The van der Waals surface area contributed by atoms with E-state index in [1.54, 1.807) is 0 Å². The van der Waals surface area contributed by atoms with Crippen LogP contribution in [0.25, 0.3) is 0 Å². The fourth-order valence-corrected chi connectivity index (χ4v) is 2.33. The maximum absolute atomic E-state index is 6.01. The first-order valence-electron chi connectivity index (χ1n) is 7.47. The summed E-state index contributed by atoms with van der Waals surface area (Å²) in [6.45, 7) is 12.0. The summed E-state index contributed by atoms with van der Waals surface area (Å²) in [5.41, 5.74) is 8.51. The zero-order valence-electron chi connectivity index (χ0n) is 13.1. The van der Waals surface area contributed by atoms with Crippen molar-refractivity contribution in [2.45, 2.75) is 66.0 Å². The Hall–Kier alpha value is -1.09. The molecule has 1 rings (SSSR count). The molecule has 0 spiro atoms. The van der Waals surface area contributed by atoms with Gasteiger partial charge in [0.25, 0.3) is 0 Å². The van der Waals surface area contributed by atoms with E-state index >= 15 is 0 Å². The molecule has 0 aliphatic heterocycles. The maximum atomic E-state index is 6.01. The van der Waals surface area contributed by atoms with Crippen molar-refractivity contribution in [3.05, 3.63) is 23.4 Å². The summed E-state index contributed by atoms with van der Waals surface area (Å²) in [6, 6.07) is 2.96. The van der Waals surface area contributed by atoms with Crippen molar-refractivity contribution in [1.82, 2.24) is 4.98 Å². The van der Waals surface area contributed by atoms with Gasteiger partial charge in [0.1, 0.15) is 5.82 Å². The molecule has 1 aromatic rings. The number of hydrogen-bond donors (Lipinski definition) is 1. The predicted molar refractivity (Wildman–Crippen MR) is 83.7 cm³/mol. The molecule has 0 aromatic carbocycles. The summed E-state index contributed by atoms with van der Waals surface area (Å²) in [5.74, 6) is 1.12. The highest BCUT2D eigenvalue weighted by molar-refractivity contribution is 5.48. The van der Waals surface area contributed by atoms with Crippen LogP contribution >= 0.6 is 0 Å². The van der Waals surface area contributed by atoms with Crippen molar-refractivity contribution in [1.29, 1.82) is 0 Å². The molecule has 0 aliphatic rings. The van der Waals surface area contributed by atoms with E-state index in [1.165, 1.54) is 11.1 Å². The molecular weight excluding hydrogens is 234 g/mol. The molecule has 1 unspecified atom stereocenters. The van der Waals surface area contributed by atoms with E-state index in [4.69, 9.17) is 5.73 Å². The van der Waals surface area contributed by atoms with Crippen molar-refractivity contribution in [3.8, 4) is 0 Å². The summed E-state index contributed by atoms with van der Waals surface area (Å²) in [4.78, 5) is 7.05. The van der Waals surface area contributed by atoms with Crippen LogP contribution in [0.15, 0.2) is 12.3 Å².